The molecule has 0 spiro atoms. The van der Waals surface area contributed by atoms with Gasteiger partial charge in [0.25, 0.3) is 0 Å². The quantitative estimate of drug-likeness (QED) is 0.785. The first kappa shape index (κ1) is 12.0. The Bertz CT molecular complexity index is 364. The molecule has 1 unspecified atom stereocenters. The molecule has 1 atom stereocenters. The van der Waals surface area contributed by atoms with E-state index in [2.05, 4.69) is 6.92 Å². The zero-order valence-corrected chi connectivity index (χ0v) is 10.3. The van der Waals surface area contributed by atoms with Gasteiger partial charge in [-0.15, -0.1) is 0 Å². The monoisotopic (exact) mass is 233 g/mol. The van der Waals surface area contributed by atoms with E-state index in [-0.39, 0.29) is 6.09 Å². The Balaban J connectivity index is 1.84. The molecule has 2 rings (SSSR count). The molecule has 3 nitrogen and oxygen atoms in total. The van der Waals surface area contributed by atoms with Crippen LogP contribution >= 0.6 is 0 Å². The summed E-state index contributed by atoms with van der Waals surface area (Å²) in [7, 11) is 0. The van der Waals surface area contributed by atoms with Crippen molar-refractivity contribution in [3.8, 4) is 0 Å². The number of nitrogens with zero attached hydrogens (tertiary/aromatic N) is 1. The fraction of sp³-hybridized carbons (Fsp3) is 0.500. The predicted molar refractivity (Wildman–Crippen MR) is 66.6 cm³/mol. The summed E-state index contributed by atoms with van der Waals surface area (Å²) in [6.45, 7) is 3.28. The van der Waals surface area contributed by atoms with Crippen LogP contribution in [0.3, 0.4) is 0 Å². The predicted octanol–water partition coefficient (Wildman–Crippen LogP) is 3.20. The fourth-order valence-corrected chi connectivity index (χ4v) is 2.17. The third-order valence-electron chi connectivity index (χ3n) is 3.24. The lowest BCUT2D eigenvalue weighted by Gasteiger charge is -2.32. The first-order chi connectivity index (χ1) is 8.27. The maximum Gasteiger partial charge on any atom is 0.410 e. The first-order valence-electron chi connectivity index (χ1n) is 6.24. The number of hydrogen-bond donors (Lipinski definition) is 0. The van der Waals surface area contributed by atoms with E-state index in [1.165, 1.54) is 6.42 Å². The average Bonchev–Trinajstić information content (AvgIpc) is 2.38. The molecule has 1 aliphatic rings. The van der Waals surface area contributed by atoms with Gasteiger partial charge in [-0.05, 0) is 31.7 Å². The SMILES string of the molecule is CC1CCCCN1C(=O)OCc1ccccc1. The molecule has 1 amide bonds. The summed E-state index contributed by atoms with van der Waals surface area (Å²) in [6, 6.07) is 10.1. The first-order valence-corrected chi connectivity index (χ1v) is 6.24. The van der Waals surface area contributed by atoms with Crippen LogP contribution in [0, 0.1) is 0 Å². The van der Waals surface area contributed by atoms with E-state index < -0.39 is 0 Å². The second kappa shape index (κ2) is 5.71. The van der Waals surface area contributed by atoms with E-state index in [0.717, 1.165) is 24.9 Å². The Hall–Kier alpha value is -1.51. The van der Waals surface area contributed by atoms with Gasteiger partial charge in [0.05, 0.1) is 0 Å². The van der Waals surface area contributed by atoms with Crippen LogP contribution in [0.2, 0.25) is 0 Å². The van der Waals surface area contributed by atoms with Gasteiger partial charge in [0.2, 0.25) is 0 Å². The molecule has 17 heavy (non-hydrogen) atoms. The number of likely N-dealkylation sites (tertiary alicyclic amines) is 1. The molecule has 0 saturated carbocycles. The van der Waals surface area contributed by atoms with E-state index in [9.17, 15) is 4.79 Å². The van der Waals surface area contributed by atoms with Gasteiger partial charge in [0, 0.05) is 12.6 Å². The third kappa shape index (κ3) is 3.22. The largest absolute Gasteiger partial charge is 0.445 e. The van der Waals surface area contributed by atoms with Crippen molar-refractivity contribution in [1.29, 1.82) is 0 Å². The van der Waals surface area contributed by atoms with E-state index in [1.54, 1.807) is 0 Å². The zero-order chi connectivity index (χ0) is 12.1. The van der Waals surface area contributed by atoms with Crippen molar-refractivity contribution < 1.29 is 9.53 Å². The second-order valence-corrected chi connectivity index (χ2v) is 4.58. The molecule has 3 heteroatoms. The van der Waals surface area contributed by atoms with E-state index >= 15 is 0 Å². The molecule has 1 heterocycles. The molecule has 1 saturated heterocycles. The molecule has 0 N–H and O–H groups in total. The van der Waals surface area contributed by atoms with Crippen molar-refractivity contribution in [2.75, 3.05) is 6.54 Å². The van der Waals surface area contributed by atoms with Crippen LogP contribution in [0.15, 0.2) is 30.3 Å². The van der Waals surface area contributed by atoms with Crippen molar-refractivity contribution in [3.05, 3.63) is 35.9 Å². The molecule has 1 aromatic rings. The van der Waals surface area contributed by atoms with Gasteiger partial charge in [0.15, 0.2) is 0 Å². The molecular weight excluding hydrogens is 214 g/mol. The van der Waals surface area contributed by atoms with E-state index in [1.807, 2.05) is 35.2 Å². The normalized spacial score (nSPS) is 20.1. The van der Waals surface area contributed by atoms with Crippen LogP contribution < -0.4 is 0 Å². The molecular formula is C14H19NO2. The Kier molecular flexibility index (Phi) is 4.02. The molecule has 0 radical (unpaired) electrons. The summed E-state index contributed by atoms with van der Waals surface area (Å²) in [5.74, 6) is 0. The minimum atomic E-state index is -0.180. The zero-order valence-electron chi connectivity index (χ0n) is 10.3. The highest BCUT2D eigenvalue weighted by Gasteiger charge is 2.24. The van der Waals surface area contributed by atoms with E-state index in [0.29, 0.717) is 12.6 Å². The summed E-state index contributed by atoms with van der Waals surface area (Å²) in [5, 5.41) is 0. The summed E-state index contributed by atoms with van der Waals surface area (Å²) < 4.78 is 5.32. The van der Waals surface area contributed by atoms with Crippen LogP contribution in [0.4, 0.5) is 4.79 Å². The Labute approximate surface area is 102 Å². The number of benzene rings is 1. The van der Waals surface area contributed by atoms with Gasteiger partial charge in [0.1, 0.15) is 6.61 Å². The van der Waals surface area contributed by atoms with Gasteiger partial charge in [-0.3, -0.25) is 0 Å². The maximum absolute atomic E-state index is 11.9. The highest BCUT2D eigenvalue weighted by Crippen LogP contribution is 2.17. The second-order valence-electron chi connectivity index (χ2n) is 4.58. The van der Waals surface area contributed by atoms with Crippen LogP contribution in [0.25, 0.3) is 0 Å². The summed E-state index contributed by atoms with van der Waals surface area (Å²) in [4.78, 5) is 13.7. The van der Waals surface area contributed by atoms with Crippen molar-refractivity contribution in [1.82, 2.24) is 4.90 Å². The van der Waals surface area contributed by atoms with Crippen LogP contribution in [0.5, 0.6) is 0 Å². The molecule has 0 bridgehead atoms. The van der Waals surface area contributed by atoms with Gasteiger partial charge < -0.3 is 9.64 Å². The molecule has 92 valence electrons. The average molecular weight is 233 g/mol. The number of ether oxygens (including phenoxy) is 1. The highest BCUT2D eigenvalue weighted by molar-refractivity contribution is 5.68. The van der Waals surface area contributed by atoms with Gasteiger partial charge in [-0.25, -0.2) is 4.79 Å². The Morgan fingerprint density at radius 3 is 2.82 bits per heavy atom. The van der Waals surface area contributed by atoms with Gasteiger partial charge in [-0.2, -0.15) is 0 Å². The topological polar surface area (TPSA) is 29.5 Å². The lowest BCUT2D eigenvalue weighted by Crippen LogP contribution is -2.42. The Morgan fingerprint density at radius 2 is 2.12 bits per heavy atom. The summed E-state index contributed by atoms with van der Waals surface area (Å²) in [5.41, 5.74) is 1.03. The summed E-state index contributed by atoms with van der Waals surface area (Å²) in [6.07, 6.45) is 3.20. The minimum absolute atomic E-state index is 0.180. The number of amides is 1. The summed E-state index contributed by atoms with van der Waals surface area (Å²) >= 11 is 0. The standard InChI is InChI=1S/C14H19NO2/c1-12-7-5-6-10-15(12)14(16)17-11-13-8-3-2-4-9-13/h2-4,8-9,12H,5-7,10-11H2,1H3. The van der Waals surface area contributed by atoms with Crippen LogP contribution in [-0.2, 0) is 11.3 Å². The third-order valence-corrected chi connectivity index (χ3v) is 3.24. The van der Waals surface area contributed by atoms with E-state index in [4.69, 9.17) is 4.74 Å². The van der Waals surface area contributed by atoms with Crippen molar-refractivity contribution in [3.63, 3.8) is 0 Å². The van der Waals surface area contributed by atoms with Gasteiger partial charge in [-0.1, -0.05) is 30.3 Å². The highest BCUT2D eigenvalue weighted by atomic mass is 16.6. The fourth-order valence-electron chi connectivity index (χ4n) is 2.17. The molecule has 1 aromatic carbocycles. The molecule has 0 aliphatic carbocycles. The number of hydrogen-bond acceptors (Lipinski definition) is 2. The number of carbonyl (C=O) groups excluding carboxylic acids is 1. The minimum Gasteiger partial charge on any atom is -0.445 e. The molecule has 1 fully saturated rings. The van der Waals surface area contributed by atoms with Crippen molar-refractivity contribution >= 4 is 6.09 Å². The van der Waals surface area contributed by atoms with Crippen molar-refractivity contribution in [2.24, 2.45) is 0 Å². The van der Waals surface area contributed by atoms with Crippen LogP contribution in [-0.4, -0.2) is 23.6 Å². The van der Waals surface area contributed by atoms with Gasteiger partial charge >= 0.3 is 6.09 Å². The van der Waals surface area contributed by atoms with Crippen molar-refractivity contribution in [2.45, 2.75) is 38.8 Å². The molecule has 1 aliphatic heterocycles. The lowest BCUT2D eigenvalue weighted by atomic mass is 10.0. The molecule has 0 aromatic heterocycles. The lowest BCUT2D eigenvalue weighted by molar-refractivity contribution is 0.0722. The number of carbonyl (C=O) groups is 1. The number of piperidine rings is 1. The van der Waals surface area contributed by atoms with Crippen LogP contribution in [0.1, 0.15) is 31.7 Å². The maximum atomic E-state index is 11.9. The smallest absolute Gasteiger partial charge is 0.410 e. The number of rotatable bonds is 2. The Morgan fingerprint density at radius 1 is 1.35 bits per heavy atom.